The lowest BCUT2D eigenvalue weighted by Crippen LogP contribution is -2.12. The lowest BCUT2D eigenvalue weighted by atomic mass is 10.1. The van der Waals surface area contributed by atoms with Gasteiger partial charge in [0.25, 0.3) is 5.91 Å². The van der Waals surface area contributed by atoms with Gasteiger partial charge in [-0.25, -0.2) is 0 Å². The molecular weight excluding hydrogens is 370 g/mol. The first-order valence-corrected chi connectivity index (χ1v) is 8.33. The summed E-state index contributed by atoms with van der Waals surface area (Å²) >= 11 is 3.53. The number of benzene rings is 1. The van der Waals surface area contributed by atoms with E-state index in [4.69, 9.17) is 0 Å². The molecule has 0 atom stereocenters. The van der Waals surface area contributed by atoms with Gasteiger partial charge in [-0.05, 0) is 47.5 Å². The molecule has 0 aliphatic rings. The molecule has 0 aliphatic heterocycles. The monoisotopic (exact) mass is 387 g/mol. The second-order valence-electron chi connectivity index (χ2n) is 5.67. The maximum Gasteiger partial charge on any atom is 0.256 e. The molecule has 0 spiro atoms. The van der Waals surface area contributed by atoms with E-state index in [0.29, 0.717) is 17.9 Å². The van der Waals surface area contributed by atoms with E-state index >= 15 is 0 Å². The predicted octanol–water partition coefficient (Wildman–Crippen LogP) is 3.30. The molecule has 3 rings (SSSR count). The minimum absolute atomic E-state index is 0.172. The lowest BCUT2D eigenvalue weighted by molar-refractivity contribution is 0.102. The number of carbonyl (C=O) groups is 1. The van der Waals surface area contributed by atoms with Gasteiger partial charge in [-0.1, -0.05) is 12.1 Å². The largest absolute Gasteiger partial charge is 0.305 e. The molecule has 124 valence electrons. The fourth-order valence-corrected chi connectivity index (χ4v) is 2.72. The van der Waals surface area contributed by atoms with E-state index in [0.717, 1.165) is 21.4 Å². The highest BCUT2D eigenvalue weighted by molar-refractivity contribution is 9.10. The Labute approximate surface area is 148 Å². The number of amides is 1. The van der Waals surface area contributed by atoms with Crippen molar-refractivity contribution in [1.82, 2.24) is 19.6 Å². The van der Waals surface area contributed by atoms with Gasteiger partial charge in [-0.2, -0.15) is 10.2 Å². The summed E-state index contributed by atoms with van der Waals surface area (Å²) in [5, 5.41) is 11.4. The molecule has 1 aromatic carbocycles. The maximum absolute atomic E-state index is 12.2. The van der Waals surface area contributed by atoms with Crippen molar-refractivity contribution in [3.63, 3.8) is 0 Å². The van der Waals surface area contributed by atoms with E-state index in [1.807, 2.05) is 49.8 Å². The molecule has 24 heavy (non-hydrogen) atoms. The molecule has 0 saturated carbocycles. The van der Waals surface area contributed by atoms with Crippen LogP contribution in [0.4, 0.5) is 5.82 Å². The number of nitrogens with one attached hydrogen (secondary N) is 1. The maximum atomic E-state index is 12.2. The average Bonchev–Trinajstić information content (AvgIpc) is 3.07. The molecule has 6 nitrogen and oxygen atoms in total. The van der Waals surface area contributed by atoms with E-state index < -0.39 is 0 Å². The summed E-state index contributed by atoms with van der Waals surface area (Å²) < 4.78 is 4.63. The summed E-state index contributed by atoms with van der Waals surface area (Å²) in [5.41, 5.74) is 3.74. The van der Waals surface area contributed by atoms with Gasteiger partial charge in [0.05, 0.1) is 22.4 Å². The van der Waals surface area contributed by atoms with Gasteiger partial charge < -0.3 is 5.32 Å². The number of hydrogen-bond donors (Lipinski definition) is 1. The summed E-state index contributed by atoms with van der Waals surface area (Å²) in [6.07, 6.45) is 1.78. The summed E-state index contributed by atoms with van der Waals surface area (Å²) in [5.74, 6) is 0.369. The molecule has 1 amide bonds. The van der Waals surface area contributed by atoms with Crippen molar-refractivity contribution < 1.29 is 4.79 Å². The fourth-order valence-electron chi connectivity index (χ4n) is 2.43. The Hall–Kier alpha value is -2.41. The van der Waals surface area contributed by atoms with Crippen LogP contribution in [0.1, 0.15) is 27.3 Å². The Bertz CT molecular complexity index is 879. The van der Waals surface area contributed by atoms with E-state index in [9.17, 15) is 4.79 Å². The number of anilines is 1. The third-order valence-corrected chi connectivity index (χ3v) is 4.94. The summed E-state index contributed by atoms with van der Waals surface area (Å²) in [6, 6.07) is 9.27. The van der Waals surface area contributed by atoms with Crippen LogP contribution in [0.15, 0.2) is 41.0 Å². The van der Waals surface area contributed by atoms with Gasteiger partial charge in [0.1, 0.15) is 0 Å². The number of aryl methyl sites for hydroxylation is 2. The van der Waals surface area contributed by atoms with Crippen LogP contribution in [-0.4, -0.2) is 25.5 Å². The minimum Gasteiger partial charge on any atom is -0.305 e. The third-order valence-electron chi connectivity index (χ3n) is 3.80. The van der Waals surface area contributed by atoms with Gasteiger partial charge in [0.15, 0.2) is 5.82 Å². The van der Waals surface area contributed by atoms with Crippen LogP contribution in [0.25, 0.3) is 0 Å². The Morgan fingerprint density at radius 2 is 1.88 bits per heavy atom. The van der Waals surface area contributed by atoms with Crippen LogP contribution < -0.4 is 5.32 Å². The van der Waals surface area contributed by atoms with E-state index in [2.05, 4.69) is 31.4 Å². The molecule has 0 bridgehead atoms. The van der Waals surface area contributed by atoms with E-state index in [1.54, 1.807) is 16.9 Å². The average molecular weight is 388 g/mol. The number of halogens is 1. The Balaban J connectivity index is 1.70. The molecular formula is C17H18BrN5O. The van der Waals surface area contributed by atoms with Crippen LogP contribution >= 0.6 is 15.9 Å². The van der Waals surface area contributed by atoms with Crippen molar-refractivity contribution in [3.05, 3.63) is 63.5 Å². The highest BCUT2D eigenvalue weighted by Crippen LogP contribution is 2.20. The molecule has 0 aliphatic carbocycles. The molecule has 2 heterocycles. The molecule has 2 aromatic heterocycles. The van der Waals surface area contributed by atoms with Crippen LogP contribution in [0.2, 0.25) is 0 Å². The molecule has 3 aromatic rings. The van der Waals surface area contributed by atoms with E-state index in [1.165, 1.54) is 0 Å². The summed E-state index contributed by atoms with van der Waals surface area (Å²) in [7, 11) is 1.81. The minimum atomic E-state index is -0.172. The number of hydrogen-bond acceptors (Lipinski definition) is 3. The van der Waals surface area contributed by atoms with Crippen molar-refractivity contribution >= 4 is 27.7 Å². The quantitative estimate of drug-likeness (QED) is 0.746. The smallest absolute Gasteiger partial charge is 0.256 e. The zero-order valence-corrected chi connectivity index (χ0v) is 15.3. The van der Waals surface area contributed by atoms with Crippen LogP contribution in [0.3, 0.4) is 0 Å². The van der Waals surface area contributed by atoms with E-state index in [-0.39, 0.29) is 5.91 Å². The lowest BCUT2D eigenvalue weighted by Gasteiger charge is -2.06. The van der Waals surface area contributed by atoms with Crippen molar-refractivity contribution in [2.24, 2.45) is 7.05 Å². The SMILES string of the molecule is Cc1nn(Cc2ccc(C(=O)Nc3ccn(C)n3)cc2)c(C)c1Br. The second kappa shape index (κ2) is 6.60. The summed E-state index contributed by atoms with van der Waals surface area (Å²) in [6.45, 7) is 4.66. The van der Waals surface area contributed by atoms with Crippen molar-refractivity contribution in [3.8, 4) is 0 Å². The molecule has 0 fully saturated rings. The van der Waals surface area contributed by atoms with Gasteiger partial charge >= 0.3 is 0 Å². The van der Waals surface area contributed by atoms with Gasteiger partial charge in [0.2, 0.25) is 0 Å². The first-order valence-electron chi connectivity index (χ1n) is 7.53. The topological polar surface area (TPSA) is 64.7 Å². The van der Waals surface area contributed by atoms with Gasteiger partial charge in [-0.3, -0.25) is 14.2 Å². The molecule has 0 radical (unpaired) electrons. The highest BCUT2D eigenvalue weighted by Gasteiger charge is 2.10. The molecule has 0 saturated heterocycles. The Kier molecular flexibility index (Phi) is 4.53. The first-order chi connectivity index (χ1) is 11.4. The van der Waals surface area contributed by atoms with Gasteiger partial charge in [-0.15, -0.1) is 0 Å². The number of nitrogens with zero attached hydrogens (tertiary/aromatic N) is 4. The van der Waals surface area contributed by atoms with Crippen LogP contribution in [-0.2, 0) is 13.6 Å². The summed E-state index contributed by atoms with van der Waals surface area (Å²) in [4.78, 5) is 12.2. The van der Waals surface area contributed by atoms with Crippen LogP contribution in [0, 0.1) is 13.8 Å². The van der Waals surface area contributed by atoms with Crippen LogP contribution in [0.5, 0.6) is 0 Å². The predicted molar refractivity (Wildman–Crippen MR) is 96.1 cm³/mol. The van der Waals surface area contributed by atoms with Gasteiger partial charge in [0, 0.05) is 24.9 Å². The molecule has 1 N–H and O–H groups in total. The normalized spacial score (nSPS) is 10.8. The zero-order valence-electron chi connectivity index (χ0n) is 13.7. The van der Waals surface area contributed by atoms with Crippen molar-refractivity contribution in [1.29, 1.82) is 0 Å². The molecule has 0 unspecified atom stereocenters. The first kappa shape index (κ1) is 16.4. The second-order valence-corrected chi connectivity index (χ2v) is 6.46. The van der Waals surface area contributed by atoms with Crippen molar-refractivity contribution in [2.45, 2.75) is 20.4 Å². The van der Waals surface area contributed by atoms with Crippen molar-refractivity contribution in [2.75, 3.05) is 5.32 Å². The number of rotatable bonds is 4. The standard InChI is InChI=1S/C17H18BrN5O/c1-11-16(18)12(2)23(20-11)10-13-4-6-14(7-5-13)17(24)19-15-8-9-22(3)21-15/h4-9H,10H2,1-3H3,(H,19,21,24). The Morgan fingerprint density at radius 1 is 1.17 bits per heavy atom. The zero-order chi connectivity index (χ0) is 17.3. The highest BCUT2D eigenvalue weighted by atomic mass is 79.9. The fraction of sp³-hybridized carbons (Fsp3) is 0.235. The third kappa shape index (κ3) is 3.41. The molecule has 7 heteroatoms. The number of aromatic nitrogens is 4. The number of carbonyl (C=O) groups excluding carboxylic acids is 1. The Morgan fingerprint density at radius 3 is 2.42 bits per heavy atom.